The van der Waals surface area contributed by atoms with E-state index in [1.165, 1.54) is 18.5 Å². The maximum Gasteiger partial charge on any atom is 0.228 e. The Kier molecular flexibility index (Phi) is 7.49. The Morgan fingerprint density at radius 2 is 1.81 bits per heavy atom. The van der Waals surface area contributed by atoms with Crippen LogP contribution in [0.5, 0.6) is 0 Å². The second kappa shape index (κ2) is 10.5. The summed E-state index contributed by atoms with van der Waals surface area (Å²) in [6.07, 6.45) is 6.19. The molecule has 31 heavy (non-hydrogen) atoms. The van der Waals surface area contributed by atoms with Gasteiger partial charge in [-0.05, 0) is 74.2 Å². The van der Waals surface area contributed by atoms with Gasteiger partial charge in [-0.25, -0.2) is 0 Å². The summed E-state index contributed by atoms with van der Waals surface area (Å²) in [5, 5.41) is 13.3. The number of anilines is 2. The third kappa shape index (κ3) is 5.79. The van der Waals surface area contributed by atoms with Crippen molar-refractivity contribution in [2.45, 2.75) is 50.6 Å². The van der Waals surface area contributed by atoms with Crippen molar-refractivity contribution < 1.29 is 9.90 Å². The third-order valence-electron chi connectivity index (χ3n) is 6.59. The first-order chi connectivity index (χ1) is 15.1. The third-order valence-corrected chi connectivity index (χ3v) is 6.82. The summed E-state index contributed by atoms with van der Waals surface area (Å²) >= 11 is 6.00. The van der Waals surface area contributed by atoms with E-state index in [0.29, 0.717) is 23.5 Å². The van der Waals surface area contributed by atoms with Crippen molar-refractivity contribution in [3.05, 3.63) is 59.1 Å². The Morgan fingerprint density at radius 1 is 1.03 bits per heavy atom. The van der Waals surface area contributed by atoms with Crippen LogP contribution in [0.1, 0.15) is 37.7 Å². The molecule has 0 bridgehead atoms. The van der Waals surface area contributed by atoms with Crippen LogP contribution >= 0.6 is 11.6 Å². The van der Waals surface area contributed by atoms with Crippen molar-refractivity contribution >= 4 is 28.9 Å². The standard InChI is InChI=1S/C25H32ClN3O2/c26-20-5-3-4-19(16-20)17-25(31)27-21-7-9-22(10-8-21)28-14-11-23(12-15-28)29-13-2-1-6-24(29)18-30/h3-5,7-10,16,23-24,30H,1-2,6,11-15,17-18H2,(H,27,31). The number of likely N-dealkylation sites (tertiary alicyclic amines) is 1. The van der Waals surface area contributed by atoms with Crippen molar-refractivity contribution in [3.63, 3.8) is 0 Å². The molecular formula is C25H32ClN3O2. The minimum atomic E-state index is -0.0456. The molecule has 2 aliphatic rings. The molecule has 0 spiro atoms. The molecule has 0 radical (unpaired) electrons. The van der Waals surface area contributed by atoms with E-state index >= 15 is 0 Å². The molecule has 0 aromatic heterocycles. The molecule has 2 saturated heterocycles. The minimum Gasteiger partial charge on any atom is -0.395 e. The van der Waals surface area contributed by atoms with Crippen LogP contribution in [0.25, 0.3) is 0 Å². The fourth-order valence-electron chi connectivity index (χ4n) is 4.95. The molecule has 2 aromatic carbocycles. The highest BCUT2D eigenvalue weighted by atomic mass is 35.5. The SMILES string of the molecule is O=C(Cc1cccc(Cl)c1)Nc1ccc(N2CCC(N3CCCCC3CO)CC2)cc1. The summed E-state index contributed by atoms with van der Waals surface area (Å²) in [5.74, 6) is -0.0456. The van der Waals surface area contributed by atoms with Crippen molar-refractivity contribution in [2.75, 3.05) is 36.5 Å². The predicted molar refractivity (Wildman–Crippen MR) is 127 cm³/mol. The van der Waals surface area contributed by atoms with Crippen LogP contribution in [0.3, 0.4) is 0 Å². The van der Waals surface area contributed by atoms with E-state index in [1.807, 2.05) is 36.4 Å². The number of halogens is 1. The zero-order valence-electron chi connectivity index (χ0n) is 18.0. The quantitative estimate of drug-likeness (QED) is 0.700. The van der Waals surface area contributed by atoms with Gasteiger partial charge < -0.3 is 15.3 Å². The van der Waals surface area contributed by atoms with Gasteiger partial charge in [-0.1, -0.05) is 30.2 Å². The smallest absolute Gasteiger partial charge is 0.228 e. The number of nitrogens with one attached hydrogen (secondary N) is 1. The minimum absolute atomic E-state index is 0.0456. The lowest BCUT2D eigenvalue weighted by atomic mass is 9.95. The number of carbonyl (C=O) groups is 1. The normalized spacial score (nSPS) is 20.6. The molecule has 1 amide bonds. The molecule has 1 unspecified atom stereocenters. The van der Waals surface area contributed by atoms with Crippen LogP contribution in [0.15, 0.2) is 48.5 Å². The van der Waals surface area contributed by atoms with Gasteiger partial charge in [0, 0.05) is 41.6 Å². The summed E-state index contributed by atoms with van der Waals surface area (Å²) in [6.45, 7) is 3.46. The number of rotatable bonds is 6. The lowest BCUT2D eigenvalue weighted by Gasteiger charge is -2.44. The molecule has 0 aliphatic carbocycles. The zero-order chi connectivity index (χ0) is 21.6. The van der Waals surface area contributed by atoms with E-state index in [4.69, 9.17) is 11.6 Å². The predicted octanol–water partition coefficient (Wildman–Crippen LogP) is 4.34. The number of carbonyl (C=O) groups excluding carboxylic acids is 1. The van der Waals surface area contributed by atoms with Gasteiger partial charge in [0.2, 0.25) is 5.91 Å². The van der Waals surface area contributed by atoms with Crippen molar-refractivity contribution in [3.8, 4) is 0 Å². The average Bonchev–Trinajstić information content (AvgIpc) is 2.79. The Morgan fingerprint density at radius 3 is 2.52 bits per heavy atom. The molecule has 166 valence electrons. The highest BCUT2D eigenvalue weighted by Crippen LogP contribution is 2.28. The van der Waals surface area contributed by atoms with Gasteiger partial charge in [0.15, 0.2) is 0 Å². The molecule has 0 saturated carbocycles. The molecule has 2 aliphatic heterocycles. The number of aliphatic hydroxyl groups is 1. The van der Waals surface area contributed by atoms with E-state index in [2.05, 4.69) is 27.2 Å². The zero-order valence-corrected chi connectivity index (χ0v) is 18.7. The Bertz CT molecular complexity index is 865. The van der Waals surface area contributed by atoms with Gasteiger partial charge in [-0.15, -0.1) is 0 Å². The van der Waals surface area contributed by atoms with Crippen LogP contribution in [0.2, 0.25) is 5.02 Å². The van der Waals surface area contributed by atoms with Gasteiger partial charge in [0.1, 0.15) is 0 Å². The molecule has 2 heterocycles. The van der Waals surface area contributed by atoms with Crippen LogP contribution in [-0.2, 0) is 11.2 Å². The first kappa shape index (κ1) is 22.1. The van der Waals surface area contributed by atoms with Gasteiger partial charge in [0.25, 0.3) is 0 Å². The Balaban J connectivity index is 1.28. The molecule has 6 heteroatoms. The van der Waals surface area contributed by atoms with Crippen molar-refractivity contribution in [1.82, 2.24) is 4.90 Å². The molecule has 4 rings (SSSR count). The number of aliphatic hydroxyl groups excluding tert-OH is 1. The summed E-state index contributed by atoms with van der Waals surface area (Å²) < 4.78 is 0. The Hall–Kier alpha value is -2.08. The van der Waals surface area contributed by atoms with E-state index in [0.717, 1.165) is 50.1 Å². The second-order valence-corrected chi connectivity index (χ2v) is 9.13. The number of hydrogen-bond acceptors (Lipinski definition) is 4. The first-order valence-corrected chi connectivity index (χ1v) is 11.8. The average molecular weight is 442 g/mol. The fraction of sp³-hybridized carbons (Fsp3) is 0.480. The summed E-state index contributed by atoms with van der Waals surface area (Å²) in [6, 6.07) is 16.5. The number of piperidine rings is 2. The van der Waals surface area contributed by atoms with Gasteiger partial charge in [-0.2, -0.15) is 0 Å². The van der Waals surface area contributed by atoms with Crippen LogP contribution < -0.4 is 10.2 Å². The first-order valence-electron chi connectivity index (χ1n) is 11.4. The fourth-order valence-corrected chi connectivity index (χ4v) is 5.16. The molecule has 5 nitrogen and oxygen atoms in total. The van der Waals surface area contributed by atoms with Crippen molar-refractivity contribution in [2.24, 2.45) is 0 Å². The van der Waals surface area contributed by atoms with Gasteiger partial charge >= 0.3 is 0 Å². The molecule has 2 fully saturated rings. The summed E-state index contributed by atoms with van der Waals surface area (Å²) in [5.41, 5.74) is 2.91. The van der Waals surface area contributed by atoms with Gasteiger partial charge in [0.05, 0.1) is 13.0 Å². The van der Waals surface area contributed by atoms with Crippen LogP contribution in [-0.4, -0.2) is 54.2 Å². The molecular weight excluding hydrogens is 410 g/mol. The monoisotopic (exact) mass is 441 g/mol. The molecule has 2 N–H and O–H groups in total. The number of hydrogen-bond donors (Lipinski definition) is 2. The van der Waals surface area contributed by atoms with Gasteiger partial charge in [-0.3, -0.25) is 9.69 Å². The lowest BCUT2D eigenvalue weighted by Crippen LogP contribution is -2.52. The van der Waals surface area contributed by atoms with E-state index in [9.17, 15) is 9.90 Å². The topological polar surface area (TPSA) is 55.8 Å². The Labute approximate surface area is 190 Å². The van der Waals surface area contributed by atoms with Crippen LogP contribution in [0.4, 0.5) is 11.4 Å². The lowest BCUT2D eigenvalue weighted by molar-refractivity contribution is -0.115. The highest BCUT2D eigenvalue weighted by Gasteiger charge is 2.31. The molecule has 1 atom stereocenters. The number of benzene rings is 2. The number of nitrogens with zero attached hydrogens (tertiary/aromatic N) is 2. The second-order valence-electron chi connectivity index (χ2n) is 8.69. The van der Waals surface area contributed by atoms with Crippen LogP contribution in [0, 0.1) is 0 Å². The van der Waals surface area contributed by atoms with E-state index in [-0.39, 0.29) is 12.5 Å². The summed E-state index contributed by atoms with van der Waals surface area (Å²) in [7, 11) is 0. The van der Waals surface area contributed by atoms with E-state index in [1.54, 1.807) is 0 Å². The molecule has 2 aromatic rings. The maximum absolute atomic E-state index is 12.3. The van der Waals surface area contributed by atoms with E-state index < -0.39 is 0 Å². The summed E-state index contributed by atoms with van der Waals surface area (Å²) in [4.78, 5) is 17.3. The highest BCUT2D eigenvalue weighted by molar-refractivity contribution is 6.30. The maximum atomic E-state index is 12.3. The largest absolute Gasteiger partial charge is 0.395 e. The number of amides is 1. The van der Waals surface area contributed by atoms with Crippen molar-refractivity contribution in [1.29, 1.82) is 0 Å².